The lowest BCUT2D eigenvalue weighted by atomic mass is 10.0. The highest BCUT2D eigenvalue weighted by Gasteiger charge is 2.15. The molecule has 0 saturated carbocycles. The van der Waals surface area contributed by atoms with Gasteiger partial charge in [0.05, 0.1) is 23.1 Å². The zero-order valence-corrected chi connectivity index (χ0v) is 18.4. The van der Waals surface area contributed by atoms with Gasteiger partial charge in [0.15, 0.2) is 0 Å². The zero-order valence-electron chi connectivity index (χ0n) is 17.6. The third kappa shape index (κ3) is 4.47. The quantitative estimate of drug-likeness (QED) is 0.406. The summed E-state index contributed by atoms with van der Waals surface area (Å²) in [6.45, 7) is 5.86. The fourth-order valence-corrected chi connectivity index (χ4v) is 4.09. The molecule has 0 unspecified atom stereocenters. The summed E-state index contributed by atoms with van der Waals surface area (Å²) in [6, 6.07) is 13.8. The fraction of sp³-hybridized carbons (Fsp3) is 0.200. The van der Waals surface area contributed by atoms with E-state index in [9.17, 15) is 9.18 Å². The largest absolute Gasteiger partial charge is 0.307 e. The molecular weight excluding hydrogens is 413 g/mol. The van der Waals surface area contributed by atoms with Crippen molar-refractivity contribution in [3.05, 3.63) is 116 Å². The highest BCUT2D eigenvalue weighted by molar-refractivity contribution is 6.30. The summed E-state index contributed by atoms with van der Waals surface area (Å²) in [4.78, 5) is 17.5. The maximum absolute atomic E-state index is 13.7. The van der Waals surface area contributed by atoms with Crippen molar-refractivity contribution in [2.75, 3.05) is 0 Å². The molecule has 0 aliphatic heterocycles. The van der Waals surface area contributed by atoms with Crippen LogP contribution in [0, 0.1) is 19.7 Å². The van der Waals surface area contributed by atoms with Gasteiger partial charge >= 0.3 is 0 Å². The van der Waals surface area contributed by atoms with Gasteiger partial charge in [-0.25, -0.2) is 9.37 Å². The van der Waals surface area contributed by atoms with Gasteiger partial charge in [-0.15, -0.1) is 0 Å². The molecule has 31 heavy (non-hydrogen) atoms. The van der Waals surface area contributed by atoms with Crippen molar-refractivity contribution in [2.45, 2.75) is 33.2 Å². The van der Waals surface area contributed by atoms with Crippen molar-refractivity contribution in [2.24, 2.45) is 0 Å². The molecular formula is C25H23ClFN3O. The Hall–Kier alpha value is -3.18. The number of benzene rings is 2. The molecule has 0 fully saturated rings. The summed E-state index contributed by atoms with van der Waals surface area (Å²) in [5.41, 5.74) is 5.29. The maximum atomic E-state index is 13.7. The SMILES string of the molecule is Cc1cn(-c2ccc(Cc3cc(Cl)cn([C@@H](C)c4cccc(F)c4)c3=O)cc2C)cn1. The van der Waals surface area contributed by atoms with Crippen LogP contribution in [-0.4, -0.2) is 14.1 Å². The number of imidazole rings is 1. The molecule has 0 bridgehead atoms. The van der Waals surface area contributed by atoms with Gasteiger partial charge in [-0.05, 0) is 61.7 Å². The predicted octanol–water partition coefficient (Wildman–Crippen LogP) is 5.64. The maximum Gasteiger partial charge on any atom is 0.254 e. The van der Waals surface area contributed by atoms with E-state index in [0.717, 1.165) is 22.5 Å². The van der Waals surface area contributed by atoms with Crippen molar-refractivity contribution < 1.29 is 4.39 Å². The lowest BCUT2D eigenvalue weighted by molar-refractivity contribution is 0.590. The van der Waals surface area contributed by atoms with Gasteiger partial charge in [0.2, 0.25) is 0 Å². The molecule has 2 heterocycles. The molecule has 0 saturated heterocycles. The first kappa shape index (κ1) is 21.1. The second kappa shape index (κ2) is 8.52. The van der Waals surface area contributed by atoms with E-state index in [-0.39, 0.29) is 17.4 Å². The Morgan fingerprint density at radius 1 is 1.10 bits per heavy atom. The van der Waals surface area contributed by atoms with Gasteiger partial charge in [0.25, 0.3) is 5.56 Å². The number of aromatic nitrogens is 3. The average molecular weight is 436 g/mol. The Kier molecular flexibility index (Phi) is 5.79. The van der Waals surface area contributed by atoms with E-state index >= 15 is 0 Å². The van der Waals surface area contributed by atoms with Gasteiger partial charge in [-0.3, -0.25) is 4.79 Å². The molecule has 2 aromatic heterocycles. The van der Waals surface area contributed by atoms with Crippen LogP contribution in [0.15, 0.2) is 72.0 Å². The van der Waals surface area contributed by atoms with Crippen LogP contribution in [0.5, 0.6) is 0 Å². The normalized spacial score (nSPS) is 12.2. The summed E-state index contributed by atoms with van der Waals surface area (Å²) in [6.07, 6.45) is 5.84. The van der Waals surface area contributed by atoms with Gasteiger partial charge in [-0.2, -0.15) is 0 Å². The number of hydrogen-bond donors (Lipinski definition) is 0. The standard InChI is InChI=1S/C25H23ClFN3O/c1-16-9-19(7-8-24(16)29-13-17(2)28-15-29)10-21-11-22(26)14-30(25(21)31)18(3)20-5-4-6-23(27)12-20/h4-9,11-15,18H,10H2,1-3H3/t18-/m0/s1. The van der Waals surface area contributed by atoms with Crippen molar-refractivity contribution in [3.63, 3.8) is 0 Å². The molecule has 0 spiro atoms. The zero-order chi connectivity index (χ0) is 22.1. The number of nitrogens with zero attached hydrogens (tertiary/aromatic N) is 3. The Morgan fingerprint density at radius 2 is 1.90 bits per heavy atom. The van der Waals surface area contributed by atoms with E-state index < -0.39 is 0 Å². The summed E-state index contributed by atoms with van der Waals surface area (Å²) < 4.78 is 17.2. The average Bonchev–Trinajstić information content (AvgIpc) is 3.16. The minimum Gasteiger partial charge on any atom is -0.307 e. The molecule has 2 aromatic carbocycles. The highest BCUT2D eigenvalue weighted by Crippen LogP contribution is 2.22. The van der Waals surface area contributed by atoms with Crippen molar-refractivity contribution in [3.8, 4) is 5.69 Å². The van der Waals surface area contributed by atoms with Gasteiger partial charge in [0.1, 0.15) is 5.82 Å². The Morgan fingerprint density at radius 3 is 2.58 bits per heavy atom. The molecule has 0 radical (unpaired) electrons. The van der Waals surface area contributed by atoms with Crippen LogP contribution in [0.2, 0.25) is 5.02 Å². The number of rotatable bonds is 5. The number of hydrogen-bond acceptors (Lipinski definition) is 2. The van der Waals surface area contributed by atoms with Crippen LogP contribution >= 0.6 is 11.6 Å². The van der Waals surface area contributed by atoms with Gasteiger partial charge in [0, 0.05) is 30.1 Å². The van der Waals surface area contributed by atoms with Crippen LogP contribution in [0.3, 0.4) is 0 Å². The second-order valence-electron chi connectivity index (χ2n) is 7.85. The molecule has 158 valence electrons. The predicted molar refractivity (Wildman–Crippen MR) is 122 cm³/mol. The van der Waals surface area contributed by atoms with Crippen LogP contribution in [0.4, 0.5) is 4.39 Å². The first-order chi connectivity index (χ1) is 14.8. The highest BCUT2D eigenvalue weighted by atomic mass is 35.5. The minimum atomic E-state index is -0.339. The summed E-state index contributed by atoms with van der Waals surface area (Å²) >= 11 is 6.35. The Bertz CT molecular complexity index is 1310. The van der Waals surface area contributed by atoms with Crippen molar-refractivity contribution >= 4 is 11.6 Å². The number of pyridine rings is 1. The minimum absolute atomic E-state index is 0.131. The molecule has 4 aromatic rings. The van der Waals surface area contributed by atoms with E-state index in [1.165, 1.54) is 12.1 Å². The molecule has 6 heteroatoms. The van der Waals surface area contributed by atoms with Gasteiger partial charge < -0.3 is 9.13 Å². The smallest absolute Gasteiger partial charge is 0.254 e. The van der Waals surface area contributed by atoms with Crippen LogP contribution < -0.4 is 5.56 Å². The summed E-state index contributed by atoms with van der Waals surface area (Å²) in [7, 11) is 0. The third-order valence-electron chi connectivity index (χ3n) is 5.48. The lowest BCUT2D eigenvalue weighted by Gasteiger charge is -2.18. The summed E-state index contributed by atoms with van der Waals surface area (Å²) in [5, 5.41) is 0.472. The van der Waals surface area contributed by atoms with Crippen LogP contribution in [0.1, 0.15) is 40.9 Å². The topological polar surface area (TPSA) is 39.8 Å². The molecule has 0 amide bonds. The van der Waals surface area contributed by atoms with E-state index in [2.05, 4.69) is 11.1 Å². The third-order valence-corrected chi connectivity index (χ3v) is 5.68. The van der Waals surface area contributed by atoms with Crippen molar-refractivity contribution in [1.82, 2.24) is 14.1 Å². The first-order valence-electron chi connectivity index (χ1n) is 10.1. The molecule has 4 nitrogen and oxygen atoms in total. The van der Waals surface area contributed by atoms with Crippen LogP contribution in [-0.2, 0) is 6.42 Å². The van der Waals surface area contributed by atoms with E-state index in [1.807, 2.05) is 43.7 Å². The van der Waals surface area contributed by atoms with Crippen molar-refractivity contribution in [1.29, 1.82) is 0 Å². The number of halogens is 2. The Labute approximate surface area is 185 Å². The van der Waals surface area contributed by atoms with E-state index in [4.69, 9.17) is 11.6 Å². The van der Waals surface area contributed by atoms with E-state index in [0.29, 0.717) is 22.6 Å². The number of aryl methyl sites for hydroxylation is 2. The molecule has 0 N–H and O–H groups in total. The molecule has 0 aliphatic rings. The molecule has 0 aliphatic carbocycles. The summed E-state index contributed by atoms with van der Waals surface area (Å²) in [5.74, 6) is -0.330. The molecule has 4 rings (SSSR count). The van der Waals surface area contributed by atoms with Crippen LogP contribution in [0.25, 0.3) is 5.69 Å². The van der Waals surface area contributed by atoms with E-state index in [1.54, 1.807) is 35.3 Å². The Balaban J connectivity index is 1.66. The first-order valence-corrected chi connectivity index (χ1v) is 10.5. The van der Waals surface area contributed by atoms with Gasteiger partial charge in [-0.1, -0.05) is 35.9 Å². The fourth-order valence-electron chi connectivity index (χ4n) is 3.85. The monoisotopic (exact) mass is 435 g/mol. The second-order valence-corrected chi connectivity index (χ2v) is 8.28. The lowest BCUT2D eigenvalue weighted by Crippen LogP contribution is -2.26. The molecule has 1 atom stereocenters.